The molecule has 0 saturated carbocycles. The molecule has 3 rings (SSSR count). The average Bonchev–Trinajstić information content (AvgIpc) is 2.44. The summed E-state index contributed by atoms with van der Waals surface area (Å²) in [5.74, 6) is 0. The molecule has 0 radical (unpaired) electrons. The Balaban J connectivity index is 0.000000218. The largest absolute Gasteiger partial charge is 0.399 e. The van der Waals surface area contributed by atoms with Gasteiger partial charge in [-0.2, -0.15) is 0 Å². The van der Waals surface area contributed by atoms with Crippen LogP contribution >= 0.6 is 11.8 Å². The lowest BCUT2D eigenvalue weighted by Gasteiger charge is -2.13. The van der Waals surface area contributed by atoms with Crippen LogP contribution in [0.4, 0.5) is 5.69 Å². The van der Waals surface area contributed by atoms with E-state index in [1.165, 1.54) is 22.2 Å². The van der Waals surface area contributed by atoms with Gasteiger partial charge in [0.2, 0.25) is 0 Å². The fraction of sp³-hybridized carbons (Fsp3) is 0.294. The van der Waals surface area contributed by atoms with Crippen molar-refractivity contribution < 1.29 is 5.11 Å². The van der Waals surface area contributed by atoms with Crippen molar-refractivity contribution in [3.8, 4) is 0 Å². The van der Waals surface area contributed by atoms with Gasteiger partial charge in [0.05, 0.1) is 0 Å². The summed E-state index contributed by atoms with van der Waals surface area (Å²) in [6.07, 6.45) is 0.766. The van der Waals surface area contributed by atoms with Crippen LogP contribution in [0.2, 0.25) is 0 Å². The first kappa shape index (κ1) is 15.9. The zero-order chi connectivity index (χ0) is 15.2. The van der Waals surface area contributed by atoms with E-state index >= 15 is 0 Å². The summed E-state index contributed by atoms with van der Waals surface area (Å²) < 4.78 is 0. The van der Waals surface area contributed by atoms with Crippen molar-refractivity contribution in [2.24, 2.45) is 0 Å². The van der Waals surface area contributed by atoms with Gasteiger partial charge in [-0.1, -0.05) is 36.0 Å². The summed E-state index contributed by atoms with van der Waals surface area (Å²) in [5, 5.41) is 12.6. The van der Waals surface area contributed by atoms with E-state index in [-0.39, 0.29) is 5.44 Å². The van der Waals surface area contributed by atoms with Gasteiger partial charge in [0.25, 0.3) is 0 Å². The molecule has 1 aromatic carbocycles. The van der Waals surface area contributed by atoms with Crippen molar-refractivity contribution in [2.45, 2.75) is 16.8 Å². The predicted molar refractivity (Wildman–Crippen MR) is 90.0 cm³/mol. The van der Waals surface area contributed by atoms with E-state index in [0.717, 1.165) is 23.5 Å². The number of rotatable bonds is 5. The van der Waals surface area contributed by atoms with Gasteiger partial charge in [-0.3, -0.25) is 0 Å². The van der Waals surface area contributed by atoms with E-state index < -0.39 is 0 Å². The maximum absolute atomic E-state index is 9.73. The van der Waals surface area contributed by atoms with Crippen LogP contribution in [0.1, 0.15) is 6.42 Å². The zero-order valence-corrected chi connectivity index (χ0v) is 13.3. The molecule has 3 N–H and O–H groups in total. The fourth-order valence-corrected chi connectivity index (χ4v) is 2.62. The number of benzene rings is 2. The number of anilines is 1. The molecule has 0 bridgehead atoms. The SMILES string of the molecule is CN(C)CCC(O)Sc1ccc(N)cc1.c1cc2ccc1=2. The Kier molecular flexibility index (Phi) is 5.67. The minimum Gasteiger partial charge on any atom is -0.399 e. The van der Waals surface area contributed by atoms with Gasteiger partial charge >= 0.3 is 0 Å². The number of aliphatic hydroxyl groups excluding tert-OH is 1. The zero-order valence-electron chi connectivity index (χ0n) is 12.5. The molecule has 2 aliphatic rings. The second-order valence-corrected chi connectivity index (χ2v) is 6.56. The maximum atomic E-state index is 9.73. The topological polar surface area (TPSA) is 49.5 Å². The lowest BCUT2D eigenvalue weighted by atomic mass is 10.1. The highest BCUT2D eigenvalue weighted by atomic mass is 32.2. The van der Waals surface area contributed by atoms with Crippen molar-refractivity contribution in [1.82, 2.24) is 4.90 Å². The second-order valence-electron chi connectivity index (χ2n) is 5.31. The molecule has 1 atom stereocenters. The minimum atomic E-state index is -0.351. The quantitative estimate of drug-likeness (QED) is 0.432. The first-order valence-corrected chi connectivity index (χ1v) is 7.88. The Bertz CT molecular complexity index is 605. The Morgan fingerprint density at radius 3 is 1.90 bits per heavy atom. The van der Waals surface area contributed by atoms with Gasteiger partial charge in [-0.15, -0.1) is 0 Å². The Morgan fingerprint density at radius 1 is 1.00 bits per heavy atom. The molecule has 21 heavy (non-hydrogen) atoms. The van der Waals surface area contributed by atoms with Crippen molar-refractivity contribution in [3.63, 3.8) is 0 Å². The Hall–Kier alpha value is -1.49. The average molecular weight is 302 g/mol. The normalized spacial score (nSPS) is 12.6. The lowest BCUT2D eigenvalue weighted by molar-refractivity contribution is 0.232. The first-order chi connectivity index (χ1) is 10.0. The molecule has 2 aliphatic carbocycles. The second kappa shape index (κ2) is 7.50. The molecule has 1 aromatic rings. The number of nitrogens with two attached hydrogens (primary N) is 1. The molecule has 0 fully saturated rings. The number of thioether (sulfide) groups is 1. The van der Waals surface area contributed by atoms with E-state index in [4.69, 9.17) is 5.73 Å². The van der Waals surface area contributed by atoms with E-state index in [9.17, 15) is 5.11 Å². The van der Waals surface area contributed by atoms with E-state index in [0.29, 0.717) is 0 Å². The van der Waals surface area contributed by atoms with Crippen LogP contribution in [0.15, 0.2) is 53.4 Å². The van der Waals surface area contributed by atoms with E-state index in [1.807, 2.05) is 38.4 Å². The molecule has 0 aliphatic heterocycles. The molecule has 0 saturated heterocycles. The van der Waals surface area contributed by atoms with Gasteiger partial charge in [0.1, 0.15) is 5.44 Å². The van der Waals surface area contributed by atoms with Gasteiger partial charge < -0.3 is 15.7 Å². The molecule has 0 amide bonds. The van der Waals surface area contributed by atoms with E-state index in [2.05, 4.69) is 29.2 Å². The molecular weight excluding hydrogens is 280 g/mol. The predicted octanol–water partition coefficient (Wildman–Crippen LogP) is 2.92. The molecule has 112 valence electrons. The highest BCUT2D eigenvalue weighted by molar-refractivity contribution is 7.99. The van der Waals surface area contributed by atoms with Gasteiger partial charge in [0.15, 0.2) is 0 Å². The molecular formula is C17H22N2OS. The summed E-state index contributed by atoms with van der Waals surface area (Å²) in [6.45, 7) is 0.892. The van der Waals surface area contributed by atoms with Crippen LogP contribution in [0.3, 0.4) is 0 Å². The lowest BCUT2D eigenvalue weighted by Crippen LogP contribution is -2.17. The molecule has 3 nitrogen and oxygen atoms in total. The highest BCUT2D eigenvalue weighted by Gasteiger charge is 2.06. The number of nitrogens with zero attached hydrogens (tertiary/aromatic N) is 1. The van der Waals surface area contributed by atoms with Gasteiger partial charge in [0, 0.05) is 17.1 Å². The molecule has 0 aromatic heterocycles. The third-order valence-corrected chi connectivity index (χ3v) is 4.25. The Labute approximate surface area is 130 Å². The van der Waals surface area contributed by atoms with Crippen LogP contribution in [-0.4, -0.2) is 36.1 Å². The van der Waals surface area contributed by atoms with Crippen molar-refractivity contribution in [3.05, 3.63) is 59.0 Å². The first-order valence-electron chi connectivity index (χ1n) is 7.00. The third-order valence-electron chi connectivity index (χ3n) is 3.19. The monoisotopic (exact) mass is 302 g/mol. The number of nitrogen functional groups attached to an aromatic ring is 1. The van der Waals surface area contributed by atoms with Crippen LogP contribution < -0.4 is 5.73 Å². The van der Waals surface area contributed by atoms with Gasteiger partial charge in [-0.25, -0.2) is 0 Å². The summed E-state index contributed by atoms with van der Waals surface area (Å²) in [4.78, 5) is 3.11. The van der Waals surface area contributed by atoms with Crippen molar-refractivity contribution in [1.29, 1.82) is 0 Å². The maximum Gasteiger partial charge on any atom is 0.105 e. The summed E-state index contributed by atoms with van der Waals surface area (Å²) in [7, 11) is 4.00. The Morgan fingerprint density at radius 2 is 1.52 bits per heavy atom. The van der Waals surface area contributed by atoms with E-state index in [1.54, 1.807) is 0 Å². The number of hydrogen-bond acceptors (Lipinski definition) is 4. The summed E-state index contributed by atoms with van der Waals surface area (Å²) in [6, 6.07) is 16.0. The van der Waals surface area contributed by atoms with Crippen LogP contribution in [0.5, 0.6) is 0 Å². The van der Waals surface area contributed by atoms with Crippen LogP contribution in [0, 0.1) is 10.4 Å². The number of hydrogen-bond donors (Lipinski definition) is 2. The molecule has 0 heterocycles. The standard InChI is InChI=1S/C11H18N2OS.C6H4/c1-13(2)8-7-11(14)15-10-5-3-9(12)4-6-10;1-2-6-4-3-5(1)6/h3-6,11,14H,7-8,12H2,1-2H3;1-4H. The van der Waals surface area contributed by atoms with Crippen LogP contribution in [-0.2, 0) is 0 Å². The summed E-state index contributed by atoms with van der Waals surface area (Å²) in [5.41, 5.74) is 5.98. The molecule has 1 unspecified atom stereocenters. The minimum absolute atomic E-state index is 0.351. The fourth-order valence-electron chi connectivity index (χ4n) is 1.79. The smallest absolute Gasteiger partial charge is 0.105 e. The van der Waals surface area contributed by atoms with Crippen molar-refractivity contribution >= 4 is 17.4 Å². The van der Waals surface area contributed by atoms with Crippen molar-refractivity contribution in [2.75, 3.05) is 26.4 Å². The third kappa shape index (κ3) is 5.08. The van der Waals surface area contributed by atoms with Gasteiger partial charge in [-0.05, 0) is 55.2 Å². The molecule has 4 heteroatoms. The summed E-state index contributed by atoms with van der Waals surface area (Å²) >= 11 is 1.47. The molecule has 0 spiro atoms. The van der Waals surface area contributed by atoms with Crippen LogP contribution in [0.25, 0.3) is 0 Å². The number of aliphatic hydroxyl groups is 1. The highest BCUT2D eigenvalue weighted by Crippen LogP contribution is 2.24.